The molecule has 178 valence electrons. The molecule has 0 atom stereocenters. The number of rotatable bonds is 4. The van der Waals surface area contributed by atoms with Gasteiger partial charge in [-0.15, -0.1) is 0 Å². The van der Waals surface area contributed by atoms with Gasteiger partial charge in [-0.1, -0.05) is 75.1 Å². The summed E-state index contributed by atoms with van der Waals surface area (Å²) in [5.41, 5.74) is 8.07. The summed E-state index contributed by atoms with van der Waals surface area (Å²) in [6, 6.07) is 12.1. The molecule has 7 nitrogen and oxygen atoms in total. The molecule has 0 saturated carbocycles. The predicted octanol–water partition coefficient (Wildman–Crippen LogP) is 4.58. The number of amidine groups is 1. The number of hydrogen-bond acceptors (Lipinski definition) is 6. The van der Waals surface area contributed by atoms with Gasteiger partial charge >= 0.3 is 0 Å². The van der Waals surface area contributed by atoms with Crippen LogP contribution in [0, 0.1) is 0 Å². The van der Waals surface area contributed by atoms with Gasteiger partial charge in [0.05, 0.1) is 0 Å². The zero-order valence-corrected chi connectivity index (χ0v) is 20.4. The van der Waals surface area contributed by atoms with Crippen molar-refractivity contribution in [2.75, 3.05) is 38.1 Å². The first-order valence-electron chi connectivity index (χ1n) is 11.8. The van der Waals surface area contributed by atoms with E-state index in [2.05, 4.69) is 46.4 Å². The van der Waals surface area contributed by atoms with E-state index in [1.165, 1.54) is 0 Å². The van der Waals surface area contributed by atoms with Crippen LogP contribution in [0.3, 0.4) is 0 Å². The molecule has 0 unspecified atom stereocenters. The number of aliphatic imine (C=N–C) groups is 1. The minimum atomic E-state index is 0.622. The first-order valence-corrected chi connectivity index (χ1v) is 11.8. The molecule has 0 aliphatic carbocycles. The SMILES string of the molecule is C=C1/C=C\C=C/C/C(=N\c2cc(N3CCN(C)CC3)nc(/C=C/c3ccccc3)n2)NN1.CC. The number of hydrazine groups is 1. The molecule has 2 aliphatic heterocycles. The van der Waals surface area contributed by atoms with Gasteiger partial charge in [-0.05, 0) is 24.8 Å². The van der Waals surface area contributed by atoms with E-state index in [9.17, 15) is 0 Å². The first kappa shape index (κ1) is 24.9. The lowest BCUT2D eigenvalue weighted by atomic mass is 10.2. The van der Waals surface area contributed by atoms with Crippen molar-refractivity contribution in [3.63, 3.8) is 0 Å². The predicted molar refractivity (Wildman–Crippen MR) is 144 cm³/mol. The average molecular weight is 458 g/mol. The molecule has 0 spiro atoms. The number of hydrogen-bond donors (Lipinski definition) is 2. The Balaban J connectivity index is 0.00000158. The molecule has 2 aromatic rings. The van der Waals surface area contributed by atoms with Crippen molar-refractivity contribution in [2.24, 2.45) is 4.99 Å². The Kier molecular flexibility index (Phi) is 9.61. The van der Waals surface area contributed by atoms with Crippen molar-refractivity contribution < 1.29 is 0 Å². The van der Waals surface area contributed by atoms with Gasteiger partial charge in [0, 0.05) is 44.4 Å². The van der Waals surface area contributed by atoms with E-state index in [1.807, 2.05) is 74.6 Å². The lowest BCUT2D eigenvalue weighted by Gasteiger charge is -2.33. The highest BCUT2D eigenvalue weighted by molar-refractivity contribution is 5.85. The topological polar surface area (TPSA) is 68.7 Å². The minimum absolute atomic E-state index is 0.622. The van der Waals surface area contributed by atoms with Crippen molar-refractivity contribution in [1.82, 2.24) is 25.7 Å². The minimum Gasteiger partial charge on any atom is -0.354 e. The van der Waals surface area contributed by atoms with Gasteiger partial charge in [-0.2, -0.15) is 0 Å². The largest absolute Gasteiger partial charge is 0.354 e. The monoisotopic (exact) mass is 457 g/mol. The molecule has 0 amide bonds. The molecule has 7 heteroatoms. The maximum atomic E-state index is 4.82. The van der Waals surface area contributed by atoms with Crippen molar-refractivity contribution >= 4 is 29.6 Å². The van der Waals surface area contributed by atoms with E-state index in [1.54, 1.807) is 0 Å². The van der Waals surface area contributed by atoms with Crippen LogP contribution >= 0.6 is 0 Å². The molecule has 1 saturated heterocycles. The third-order valence-corrected chi connectivity index (χ3v) is 5.24. The van der Waals surface area contributed by atoms with Gasteiger partial charge < -0.3 is 15.2 Å². The number of nitrogens with zero attached hydrogens (tertiary/aromatic N) is 5. The summed E-state index contributed by atoms with van der Waals surface area (Å²) in [7, 11) is 2.15. The Bertz CT molecular complexity index is 1050. The van der Waals surface area contributed by atoms with Gasteiger partial charge in [0.15, 0.2) is 11.6 Å². The highest BCUT2D eigenvalue weighted by Crippen LogP contribution is 2.21. The van der Waals surface area contributed by atoms with Crippen LogP contribution < -0.4 is 15.8 Å². The summed E-state index contributed by atoms with van der Waals surface area (Å²) in [4.78, 5) is 18.9. The smallest absolute Gasteiger partial charge is 0.160 e. The number of allylic oxidation sites excluding steroid dienone is 3. The summed E-state index contributed by atoms with van der Waals surface area (Å²) < 4.78 is 0. The first-order chi connectivity index (χ1) is 16.7. The number of likely N-dealkylation sites (N-methyl/N-ethyl adjacent to an activating group) is 1. The molecule has 2 N–H and O–H groups in total. The van der Waals surface area contributed by atoms with Crippen LogP contribution in [0.25, 0.3) is 12.2 Å². The van der Waals surface area contributed by atoms with Gasteiger partial charge in [0.2, 0.25) is 0 Å². The van der Waals surface area contributed by atoms with Gasteiger partial charge in [-0.3, -0.25) is 5.43 Å². The zero-order chi connectivity index (χ0) is 24.2. The van der Waals surface area contributed by atoms with E-state index in [-0.39, 0.29) is 0 Å². The number of aromatic nitrogens is 2. The summed E-state index contributed by atoms with van der Waals surface area (Å²) in [5.74, 6) is 2.92. The van der Waals surface area contributed by atoms with Crippen LogP contribution in [-0.4, -0.2) is 53.9 Å². The van der Waals surface area contributed by atoms with Crippen LogP contribution in [0.15, 0.2) is 78.0 Å². The van der Waals surface area contributed by atoms with E-state index < -0.39 is 0 Å². The fourth-order valence-electron chi connectivity index (χ4n) is 3.39. The molecule has 2 aliphatic rings. The van der Waals surface area contributed by atoms with Gasteiger partial charge in [0.1, 0.15) is 11.7 Å². The average Bonchev–Trinajstić information content (AvgIpc) is 2.97. The van der Waals surface area contributed by atoms with Crippen LogP contribution in [0.2, 0.25) is 0 Å². The normalized spacial score (nSPS) is 19.8. The molecule has 0 radical (unpaired) electrons. The van der Waals surface area contributed by atoms with E-state index >= 15 is 0 Å². The Hall–Kier alpha value is -3.71. The lowest BCUT2D eigenvalue weighted by Crippen LogP contribution is -2.44. The lowest BCUT2D eigenvalue weighted by molar-refractivity contribution is 0.312. The van der Waals surface area contributed by atoms with Crippen molar-refractivity contribution in [1.29, 1.82) is 0 Å². The second-order valence-electron chi connectivity index (χ2n) is 7.80. The van der Waals surface area contributed by atoms with E-state index in [0.717, 1.165) is 49.1 Å². The molecule has 34 heavy (non-hydrogen) atoms. The molecular weight excluding hydrogens is 422 g/mol. The molecule has 1 fully saturated rings. The maximum absolute atomic E-state index is 4.82. The van der Waals surface area contributed by atoms with Crippen LogP contribution in [-0.2, 0) is 0 Å². The molecule has 1 aromatic carbocycles. The number of anilines is 1. The zero-order valence-electron chi connectivity index (χ0n) is 20.4. The number of nitrogens with one attached hydrogen (secondary N) is 2. The summed E-state index contributed by atoms with van der Waals surface area (Å²) in [5, 5.41) is 0. The summed E-state index contributed by atoms with van der Waals surface area (Å²) in [6.45, 7) is 11.8. The van der Waals surface area contributed by atoms with Gasteiger partial charge in [0.25, 0.3) is 0 Å². The Morgan fingerprint density at radius 1 is 0.971 bits per heavy atom. The maximum Gasteiger partial charge on any atom is 0.160 e. The molecule has 0 bridgehead atoms. The third kappa shape index (κ3) is 7.71. The molecule has 4 rings (SSSR count). The fraction of sp³-hybridized carbons (Fsp3) is 0.296. The van der Waals surface area contributed by atoms with Crippen LogP contribution in [0.1, 0.15) is 31.7 Å². The number of benzene rings is 1. The second-order valence-corrected chi connectivity index (χ2v) is 7.80. The summed E-state index contributed by atoms with van der Waals surface area (Å²) in [6.07, 6.45) is 12.5. The summed E-state index contributed by atoms with van der Waals surface area (Å²) >= 11 is 0. The van der Waals surface area contributed by atoms with Crippen LogP contribution in [0.5, 0.6) is 0 Å². The van der Waals surface area contributed by atoms with Crippen molar-refractivity contribution in [2.45, 2.75) is 20.3 Å². The molecular formula is C27H35N7. The standard InChI is InChI=1S/C25H29N7.C2H6/c1-20-9-5-3-8-12-23(30-29-20)27-24-19-25(32-17-15-31(2)16-18-32)28-22(26-24)14-13-21-10-6-4-7-11-21;1-2/h3-11,13-14,19,29H,1,12,15-18H2,2H3,(H,26,27,28,30);1-2H3/b8-3-,9-5-,14-13+;. The van der Waals surface area contributed by atoms with E-state index in [0.29, 0.717) is 18.1 Å². The van der Waals surface area contributed by atoms with Gasteiger partial charge in [-0.25, -0.2) is 15.0 Å². The number of piperazine rings is 1. The quantitative estimate of drug-likeness (QED) is 0.701. The van der Waals surface area contributed by atoms with Crippen molar-refractivity contribution in [3.05, 3.63) is 84.4 Å². The highest BCUT2D eigenvalue weighted by atomic mass is 15.4. The molecule has 1 aromatic heterocycles. The van der Waals surface area contributed by atoms with Crippen molar-refractivity contribution in [3.8, 4) is 0 Å². The fourth-order valence-corrected chi connectivity index (χ4v) is 3.39. The highest BCUT2D eigenvalue weighted by Gasteiger charge is 2.17. The van der Waals surface area contributed by atoms with Crippen LogP contribution in [0.4, 0.5) is 11.6 Å². The Labute approximate surface area is 203 Å². The second kappa shape index (κ2) is 13.1. The molecule has 3 heterocycles. The van der Waals surface area contributed by atoms with E-state index in [4.69, 9.17) is 15.0 Å². The Morgan fingerprint density at radius 2 is 1.74 bits per heavy atom. The Morgan fingerprint density at radius 3 is 2.50 bits per heavy atom. The third-order valence-electron chi connectivity index (χ3n) is 5.24.